The number of hydrogen-bond donors (Lipinski definition) is 2. The molecule has 2 aromatic rings. The number of aromatic nitrogens is 4. The molecule has 0 spiro atoms. The summed E-state index contributed by atoms with van der Waals surface area (Å²) >= 11 is 0. The summed E-state index contributed by atoms with van der Waals surface area (Å²) in [5.41, 5.74) is 1.28. The zero-order chi connectivity index (χ0) is 20.1. The lowest BCUT2D eigenvalue weighted by Gasteiger charge is -2.42. The lowest BCUT2D eigenvalue weighted by molar-refractivity contribution is -0.127. The third-order valence-electron chi connectivity index (χ3n) is 6.09. The highest BCUT2D eigenvalue weighted by molar-refractivity contribution is 5.78. The van der Waals surface area contributed by atoms with Crippen molar-refractivity contribution in [1.29, 1.82) is 0 Å². The maximum Gasteiger partial charge on any atom is 0.224 e. The quantitative estimate of drug-likeness (QED) is 0.768. The molecule has 0 saturated carbocycles. The van der Waals surface area contributed by atoms with Gasteiger partial charge in [0.05, 0.1) is 12.5 Å². The van der Waals surface area contributed by atoms with Crippen molar-refractivity contribution in [3.8, 4) is 0 Å². The molecular formula is C21H31N7O. The van der Waals surface area contributed by atoms with Crippen molar-refractivity contribution in [3.05, 3.63) is 41.7 Å². The Balaban J connectivity index is 1.23. The first-order chi connectivity index (χ1) is 14.2. The fourth-order valence-corrected chi connectivity index (χ4v) is 4.52. The van der Waals surface area contributed by atoms with Crippen LogP contribution in [0.1, 0.15) is 42.9 Å². The molecule has 4 heterocycles. The van der Waals surface area contributed by atoms with Crippen LogP contribution in [0.2, 0.25) is 0 Å². The van der Waals surface area contributed by atoms with Gasteiger partial charge in [0.2, 0.25) is 5.91 Å². The monoisotopic (exact) mass is 397 g/mol. The Kier molecular flexibility index (Phi) is 6.51. The van der Waals surface area contributed by atoms with Crippen molar-refractivity contribution in [2.45, 2.75) is 51.7 Å². The Morgan fingerprint density at radius 2 is 2.14 bits per heavy atom. The van der Waals surface area contributed by atoms with Crippen LogP contribution in [0, 0.1) is 12.8 Å². The van der Waals surface area contributed by atoms with E-state index in [4.69, 9.17) is 0 Å². The van der Waals surface area contributed by atoms with Gasteiger partial charge >= 0.3 is 0 Å². The predicted molar refractivity (Wildman–Crippen MR) is 110 cm³/mol. The fraction of sp³-hybridized carbons (Fsp3) is 0.619. The molecule has 2 fully saturated rings. The average molecular weight is 398 g/mol. The van der Waals surface area contributed by atoms with Gasteiger partial charge in [0.25, 0.3) is 0 Å². The molecule has 4 rings (SSSR count). The molecular weight excluding hydrogens is 366 g/mol. The summed E-state index contributed by atoms with van der Waals surface area (Å²) in [5, 5.41) is 9.92. The van der Waals surface area contributed by atoms with E-state index in [1.54, 1.807) is 0 Å². The lowest BCUT2D eigenvalue weighted by Crippen LogP contribution is -2.50. The van der Waals surface area contributed by atoms with Gasteiger partial charge in [-0.1, -0.05) is 6.07 Å². The van der Waals surface area contributed by atoms with Crippen molar-refractivity contribution >= 4 is 5.91 Å². The normalized spacial score (nSPS) is 21.9. The van der Waals surface area contributed by atoms with Gasteiger partial charge in [-0.25, -0.2) is 4.98 Å². The SMILES string of the molecule is Cc1nc(CNC(=O)C2CCCN(C3CCN(Cc4cccnc4)CC3)C2)n[nH]1. The number of nitrogens with one attached hydrogen (secondary N) is 2. The number of piperidine rings is 2. The summed E-state index contributed by atoms with van der Waals surface area (Å²) in [7, 11) is 0. The van der Waals surface area contributed by atoms with E-state index in [1.165, 1.54) is 18.4 Å². The van der Waals surface area contributed by atoms with Crippen molar-refractivity contribution in [3.63, 3.8) is 0 Å². The number of amides is 1. The van der Waals surface area contributed by atoms with Crippen LogP contribution < -0.4 is 5.32 Å². The maximum absolute atomic E-state index is 12.6. The first-order valence-corrected chi connectivity index (χ1v) is 10.7. The first kappa shape index (κ1) is 20.0. The summed E-state index contributed by atoms with van der Waals surface area (Å²) in [6.45, 7) is 7.43. The zero-order valence-corrected chi connectivity index (χ0v) is 17.2. The third-order valence-corrected chi connectivity index (χ3v) is 6.09. The minimum Gasteiger partial charge on any atom is -0.348 e. The van der Waals surface area contributed by atoms with E-state index in [1.807, 2.05) is 25.4 Å². The number of pyridine rings is 1. The molecule has 1 atom stereocenters. The van der Waals surface area contributed by atoms with E-state index >= 15 is 0 Å². The molecule has 2 N–H and O–H groups in total. The number of carbonyl (C=O) groups excluding carboxylic acids is 1. The molecule has 2 aliphatic rings. The number of hydrogen-bond acceptors (Lipinski definition) is 6. The third kappa shape index (κ3) is 5.39. The van der Waals surface area contributed by atoms with Crippen LogP contribution in [0.25, 0.3) is 0 Å². The fourth-order valence-electron chi connectivity index (χ4n) is 4.52. The molecule has 29 heavy (non-hydrogen) atoms. The number of rotatable bonds is 6. The smallest absolute Gasteiger partial charge is 0.224 e. The molecule has 1 unspecified atom stereocenters. The van der Waals surface area contributed by atoms with E-state index in [2.05, 4.69) is 41.3 Å². The molecule has 0 aliphatic carbocycles. The molecule has 0 aromatic carbocycles. The summed E-state index contributed by atoms with van der Waals surface area (Å²) in [6.07, 6.45) is 8.18. The minimum absolute atomic E-state index is 0.0669. The molecule has 2 aliphatic heterocycles. The number of aryl methyl sites for hydroxylation is 1. The molecule has 0 bridgehead atoms. The molecule has 0 radical (unpaired) electrons. The van der Waals surface area contributed by atoms with Crippen LogP contribution in [0.3, 0.4) is 0 Å². The van der Waals surface area contributed by atoms with Crippen LogP contribution in [0.4, 0.5) is 0 Å². The second-order valence-electron chi connectivity index (χ2n) is 8.26. The Morgan fingerprint density at radius 3 is 2.86 bits per heavy atom. The molecule has 1 amide bonds. The topological polar surface area (TPSA) is 90.0 Å². The van der Waals surface area contributed by atoms with Crippen molar-refractivity contribution in [2.75, 3.05) is 26.2 Å². The predicted octanol–water partition coefficient (Wildman–Crippen LogP) is 1.50. The number of nitrogens with zero attached hydrogens (tertiary/aromatic N) is 5. The Bertz CT molecular complexity index is 785. The molecule has 156 valence electrons. The Hall–Kier alpha value is -2.32. The first-order valence-electron chi connectivity index (χ1n) is 10.7. The summed E-state index contributed by atoms with van der Waals surface area (Å²) < 4.78 is 0. The second kappa shape index (κ2) is 9.45. The van der Waals surface area contributed by atoms with Crippen LogP contribution in [0.15, 0.2) is 24.5 Å². The number of aromatic amines is 1. The summed E-state index contributed by atoms with van der Waals surface area (Å²) in [4.78, 5) is 26.2. The highest BCUT2D eigenvalue weighted by Gasteiger charge is 2.31. The summed E-state index contributed by atoms with van der Waals surface area (Å²) in [6, 6.07) is 4.74. The van der Waals surface area contributed by atoms with Crippen LogP contribution in [0.5, 0.6) is 0 Å². The molecule has 8 heteroatoms. The van der Waals surface area contributed by atoms with Gasteiger partial charge in [-0.05, 0) is 63.9 Å². The highest BCUT2D eigenvalue weighted by atomic mass is 16.1. The van der Waals surface area contributed by atoms with Gasteiger partial charge in [-0.2, -0.15) is 5.10 Å². The number of carbonyl (C=O) groups is 1. The minimum atomic E-state index is 0.0669. The van der Waals surface area contributed by atoms with E-state index in [0.717, 1.165) is 51.4 Å². The van der Waals surface area contributed by atoms with Gasteiger partial charge < -0.3 is 5.32 Å². The number of likely N-dealkylation sites (tertiary alicyclic amines) is 2. The van der Waals surface area contributed by atoms with Crippen molar-refractivity contribution < 1.29 is 4.79 Å². The maximum atomic E-state index is 12.6. The van der Waals surface area contributed by atoms with E-state index in [0.29, 0.717) is 18.4 Å². The van der Waals surface area contributed by atoms with Crippen molar-refractivity contribution in [1.82, 2.24) is 35.3 Å². The molecule has 2 aromatic heterocycles. The van der Waals surface area contributed by atoms with Gasteiger partial charge in [0, 0.05) is 31.5 Å². The Labute approximate surface area is 172 Å². The second-order valence-corrected chi connectivity index (χ2v) is 8.26. The van der Waals surface area contributed by atoms with E-state index < -0.39 is 0 Å². The largest absolute Gasteiger partial charge is 0.348 e. The van der Waals surface area contributed by atoms with Crippen molar-refractivity contribution in [2.24, 2.45) is 5.92 Å². The molecule has 8 nitrogen and oxygen atoms in total. The van der Waals surface area contributed by atoms with Gasteiger partial charge in [-0.3, -0.25) is 24.7 Å². The Morgan fingerprint density at radius 1 is 1.28 bits per heavy atom. The van der Waals surface area contributed by atoms with E-state index in [9.17, 15) is 4.79 Å². The van der Waals surface area contributed by atoms with Crippen LogP contribution in [-0.4, -0.2) is 68.1 Å². The van der Waals surface area contributed by atoms with E-state index in [-0.39, 0.29) is 11.8 Å². The zero-order valence-electron chi connectivity index (χ0n) is 17.2. The lowest BCUT2D eigenvalue weighted by atomic mass is 9.93. The standard InChI is InChI=1S/C21H31N7O/c1-16-24-20(26-25-16)13-23-21(29)18-5-3-9-28(15-18)19-6-10-27(11-7-19)14-17-4-2-8-22-12-17/h2,4,8,12,18-19H,3,5-7,9-11,13-15H2,1H3,(H,23,29)(H,24,25,26). The van der Waals surface area contributed by atoms with Gasteiger partial charge in [0.15, 0.2) is 5.82 Å². The summed E-state index contributed by atoms with van der Waals surface area (Å²) in [5.74, 6) is 1.61. The van der Waals surface area contributed by atoms with Gasteiger partial charge in [-0.15, -0.1) is 0 Å². The molecule has 2 saturated heterocycles. The van der Waals surface area contributed by atoms with Gasteiger partial charge in [0.1, 0.15) is 5.82 Å². The van der Waals surface area contributed by atoms with Crippen LogP contribution >= 0.6 is 0 Å². The highest BCUT2D eigenvalue weighted by Crippen LogP contribution is 2.24. The average Bonchev–Trinajstić information content (AvgIpc) is 3.18. The van der Waals surface area contributed by atoms with Crippen LogP contribution in [-0.2, 0) is 17.9 Å². The number of H-pyrrole nitrogens is 1.